The SMILES string of the molecule is CCNC(c1ccc(C)c(C)c1)c1ccc(F)cc1Cl. The average molecular weight is 292 g/mol. The van der Waals surface area contributed by atoms with E-state index < -0.39 is 0 Å². The number of benzene rings is 2. The van der Waals surface area contributed by atoms with E-state index in [9.17, 15) is 4.39 Å². The molecule has 0 fully saturated rings. The lowest BCUT2D eigenvalue weighted by Gasteiger charge is -2.21. The zero-order valence-electron chi connectivity index (χ0n) is 12.0. The van der Waals surface area contributed by atoms with Crippen LogP contribution in [0.1, 0.15) is 35.2 Å². The molecule has 3 heteroatoms. The van der Waals surface area contributed by atoms with Gasteiger partial charge in [-0.05, 0) is 54.8 Å². The molecule has 1 atom stereocenters. The van der Waals surface area contributed by atoms with E-state index in [0.717, 1.165) is 17.7 Å². The van der Waals surface area contributed by atoms with Crippen molar-refractivity contribution in [1.82, 2.24) is 5.32 Å². The van der Waals surface area contributed by atoms with Crippen LogP contribution in [0.2, 0.25) is 5.02 Å². The van der Waals surface area contributed by atoms with Crippen LogP contribution >= 0.6 is 11.6 Å². The van der Waals surface area contributed by atoms with E-state index >= 15 is 0 Å². The summed E-state index contributed by atoms with van der Waals surface area (Å²) in [6.45, 7) is 7.04. The molecule has 0 amide bonds. The summed E-state index contributed by atoms with van der Waals surface area (Å²) in [5.74, 6) is -0.311. The quantitative estimate of drug-likeness (QED) is 0.853. The molecule has 0 saturated heterocycles. The van der Waals surface area contributed by atoms with Gasteiger partial charge >= 0.3 is 0 Å². The highest BCUT2D eigenvalue weighted by Gasteiger charge is 2.17. The number of nitrogens with one attached hydrogen (secondary N) is 1. The van der Waals surface area contributed by atoms with Crippen LogP contribution in [-0.4, -0.2) is 6.54 Å². The fourth-order valence-electron chi connectivity index (χ4n) is 2.29. The van der Waals surface area contributed by atoms with Gasteiger partial charge in [-0.2, -0.15) is 0 Å². The van der Waals surface area contributed by atoms with Gasteiger partial charge in [0.2, 0.25) is 0 Å². The van der Waals surface area contributed by atoms with Crippen molar-refractivity contribution in [3.63, 3.8) is 0 Å². The standard InChI is InChI=1S/C17H19ClFN/c1-4-20-17(13-6-5-11(2)12(3)9-13)15-8-7-14(19)10-16(15)18/h5-10,17,20H,4H2,1-3H3. The van der Waals surface area contributed by atoms with Crippen molar-refractivity contribution < 1.29 is 4.39 Å². The second-order valence-corrected chi connectivity index (χ2v) is 5.41. The second kappa shape index (κ2) is 6.38. The van der Waals surface area contributed by atoms with Gasteiger partial charge in [0, 0.05) is 5.02 Å². The van der Waals surface area contributed by atoms with Crippen LogP contribution < -0.4 is 5.32 Å². The monoisotopic (exact) mass is 291 g/mol. The first-order valence-electron chi connectivity index (χ1n) is 6.78. The number of rotatable bonds is 4. The van der Waals surface area contributed by atoms with Gasteiger partial charge in [-0.25, -0.2) is 4.39 Å². The van der Waals surface area contributed by atoms with Gasteiger partial charge in [-0.1, -0.05) is 42.8 Å². The third kappa shape index (κ3) is 3.20. The average Bonchev–Trinajstić information content (AvgIpc) is 2.40. The predicted octanol–water partition coefficient (Wildman–Crippen LogP) is 4.79. The van der Waals surface area contributed by atoms with E-state index in [-0.39, 0.29) is 11.9 Å². The summed E-state index contributed by atoms with van der Waals surface area (Å²) < 4.78 is 13.2. The summed E-state index contributed by atoms with van der Waals surface area (Å²) in [5.41, 5.74) is 4.54. The Morgan fingerprint density at radius 1 is 1.10 bits per heavy atom. The number of hydrogen-bond acceptors (Lipinski definition) is 1. The number of hydrogen-bond donors (Lipinski definition) is 1. The van der Waals surface area contributed by atoms with Gasteiger partial charge in [-0.15, -0.1) is 0 Å². The van der Waals surface area contributed by atoms with E-state index in [4.69, 9.17) is 11.6 Å². The molecule has 106 valence electrons. The molecule has 1 unspecified atom stereocenters. The summed E-state index contributed by atoms with van der Waals surface area (Å²) in [6, 6.07) is 10.9. The van der Waals surface area contributed by atoms with E-state index in [0.29, 0.717) is 5.02 Å². The van der Waals surface area contributed by atoms with E-state index in [1.807, 2.05) is 6.92 Å². The molecular weight excluding hydrogens is 273 g/mol. The van der Waals surface area contributed by atoms with Crippen molar-refractivity contribution in [3.8, 4) is 0 Å². The van der Waals surface area contributed by atoms with Crippen molar-refractivity contribution in [2.45, 2.75) is 26.8 Å². The third-order valence-corrected chi connectivity index (χ3v) is 3.87. The Hall–Kier alpha value is -1.38. The molecule has 0 saturated carbocycles. The minimum atomic E-state index is -0.311. The fraction of sp³-hybridized carbons (Fsp3) is 0.294. The lowest BCUT2D eigenvalue weighted by Crippen LogP contribution is -2.22. The number of aryl methyl sites for hydroxylation is 2. The van der Waals surface area contributed by atoms with Crippen molar-refractivity contribution in [3.05, 3.63) is 69.5 Å². The summed E-state index contributed by atoms with van der Waals surface area (Å²) in [5, 5.41) is 3.87. The molecule has 2 aromatic rings. The highest BCUT2D eigenvalue weighted by Crippen LogP contribution is 2.29. The predicted molar refractivity (Wildman–Crippen MR) is 82.8 cm³/mol. The van der Waals surface area contributed by atoms with Gasteiger partial charge in [0.05, 0.1) is 6.04 Å². The Bertz CT molecular complexity index is 610. The lowest BCUT2D eigenvalue weighted by atomic mass is 9.95. The lowest BCUT2D eigenvalue weighted by molar-refractivity contribution is 0.613. The van der Waals surface area contributed by atoms with Crippen LogP contribution in [0.25, 0.3) is 0 Å². The molecule has 0 radical (unpaired) electrons. The Morgan fingerprint density at radius 3 is 2.45 bits per heavy atom. The summed E-state index contributed by atoms with van der Waals surface area (Å²) in [4.78, 5) is 0. The van der Waals surface area contributed by atoms with Crippen LogP contribution in [0.5, 0.6) is 0 Å². The van der Waals surface area contributed by atoms with Gasteiger partial charge in [0.25, 0.3) is 0 Å². The number of halogens is 2. The first-order valence-corrected chi connectivity index (χ1v) is 7.16. The zero-order chi connectivity index (χ0) is 14.7. The third-order valence-electron chi connectivity index (χ3n) is 3.55. The van der Waals surface area contributed by atoms with E-state index in [2.05, 4.69) is 37.4 Å². The smallest absolute Gasteiger partial charge is 0.124 e. The highest BCUT2D eigenvalue weighted by atomic mass is 35.5. The molecule has 2 aromatic carbocycles. The Kier molecular flexibility index (Phi) is 4.79. The maximum Gasteiger partial charge on any atom is 0.124 e. The van der Waals surface area contributed by atoms with Crippen LogP contribution in [0.4, 0.5) is 4.39 Å². The minimum Gasteiger partial charge on any atom is -0.306 e. The van der Waals surface area contributed by atoms with Crippen LogP contribution in [-0.2, 0) is 0 Å². The highest BCUT2D eigenvalue weighted by molar-refractivity contribution is 6.31. The zero-order valence-corrected chi connectivity index (χ0v) is 12.8. The summed E-state index contributed by atoms with van der Waals surface area (Å²) in [7, 11) is 0. The van der Waals surface area contributed by atoms with Crippen LogP contribution in [0, 0.1) is 19.7 Å². The van der Waals surface area contributed by atoms with E-state index in [1.165, 1.54) is 23.3 Å². The molecule has 20 heavy (non-hydrogen) atoms. The van der Waals surface area contributed by atoms with Crippen molar-refractivity contribution in [2.75, 3.05) is 6.54 Å². The van der Waals surface area contributed by atoms with Crippen molar-refractivity contribution in [2.24, 2.45) is 0 Å². The van der Waals surface area contributed by atoms with Gasteiger partial charge < -0.3 is 5.32 Å². The fourth-order valence-corrected chi connectivity index (χ4v) is 2.57. The minimum absolute atomic E-state index is 0.0209. The molecule has 0 spiro atoms. The van der Waals surface area contributed by atoms with Gasteiger partial charge in [-0.3, -0.25) is 0 Å². The molecule has 0 heterocycles. The van der Waals surface area contributed by atoms with Crippen LogP contribution in [0.15, 0.2) is 36.4 Å². The summed E-state index contributed by atoms with van der Waals surface area (Å²) >= 11 is 6.20. The van der Waals surface area contributed by atoms with E-state index in [1.54, 1.807) is 6.07 Å². The van der Waals surface area contributed by atoms with Crippen molar-refractivity contribution in [1.29, 1.82) is 0 Å². The maximum atomic E-state index is 13.2. The van der Waals surface area contributed by atoms with Gasteiger partial charge in [0.15, 0.2) is 0 Å². The normalized spacial score (nSPS) is 12.4. The molecule has 0 aliphatic carbocycles. The summed E-state index contributed by atoms with van der Waals surface area (Å²) in [6.07, 6.45) is 0. The second-order valence-electron chi connectivity index (χ2n) is 5.00. The molecule has 0 bridgehead atoms. The molecule has 1 N–H and O–H groups in total. The van der Waals surface area contributed by atoms with Gasteiger partial charge in [0.1, 0.15) is 5.82 Å². The molecule has 0 aliphatic rings. The molecule has 1 nitrogen and oxygen atoms in total. The molecule has 0 aliphatic heterocycles. The Balaban J connectivity index is 2.47. The Labute approximate surface area is 124 Å². The molecule has 0 aromatic heterocycles. The first-order chi connectivity index (χ1) is 9.52. The first kappa shape index (κ1) is 15.0. The molecular formula is C17H19ClFN. The largest absolute Gasteiger partial charge is 0.306 e. The maximum absolute atomic E-state index is 13.2. The van der Waals surface area contributed by atoms with Crippen LogP contribution in [0.3, 0.4) is 0 Å². The Morgan fingerprint density at radius 2 is 1.85 bits per heavy atom. The van der Waals surface area contributed by atoms with Crippen molar-refractivity contribution >= 4 is 11.6 Å². The molecule has 2 rings (SSSR count). The topological polar surface area (TPSA) is 12.0 Å².